The summed E-state index contributed by atoms with van der Waals surface area (Å²) in [5.41, 5.74) is 5.24. The minimum absolute atomic E-state index is 0.0604. The van der Waals surface area contributed by atoms with Crippen LogP contribution in [-0.4, -0.2) is 40.5 Å². The Bertz CT molecular complexity index is 1440. The molecule has 2 N–H and O–H groups in total. The second-order valence-electron chi connectivity index (χ2n) is 10.4. The Kier molecular flexibility index (Phi) is 7.65. The summed E-state index contributed by atoms with van der Waals surface area (Å²) in [5, 5.41) is 12.5. The molecule has 0 saturated heterocycles. The molecular weight excluding hydrogens is 521 g/mol. The largest absolute Gasteiger partial charge is 0.478 e. The van der Waals surface area contributed by atoms with E-state index in [9.17, 15) is 32.7 Å². The molecule has 3 aromatic carbocycles. The highest BCUT2D eigenvalue weighted by Crippen LogP contribution is 2.47. The van der Waals surface area contributed by atoms with Gasteiger partial charge in [-0.3, -0.25) is 9.59 Å². The first-order valence-electron chi connectivity index (χ1n) is 13.3. The third-order valence-corrected chi connectivity index (χ3v) is 7.71. The molecule has 0 unspecified atom stereocenters. The highest BCUT2D eigenvalue weighted by Gasteiger charge is 2.43. The molecule has 0 spiro atoms. The average Bonchev–Trinajstić information content (AvgIpc) is 3.75. The number of carboxylic acid groups (broad SMARTS) is 1. The molecule has 2 atom stereocenters. The molecule has 1 heterocycles. The summed E-state index contributed by atoms with van der Waals surface area (Å²) in [4.78, 5) is 38.6. The Morgan fingerprint density at radius 3 is 2.48 bits per heavy atom. The fourth-order valence-corrected chi connectivity index (χ4v) is 5.48. The van der Waals surface area contributed by atoms with E-state index >= 15 is 0 Å². The number of carbonyl (C=O) groups excluding carboxylic acids is 2. The van der Waals surface area contributed by atoms with Crippen LogP contribution in [0.1, 0.15) is 57.8 Å². The van der Waals surface area contributed by atoms with E-state index in [0.29, 0.717) is 12.0 Å². The van der Waals surface area contributed by atoms with Crippen molar-refractivity contribution in [2.75, 3.05) is 6.54 Å². The summed E-state index contributed by atoms with van der Waals surface area (Å²) in [7, 11) is 0. The summed E-state index contributed by atoms with van der Waals surface area (Å²) in [6.45, 7) is 0.602. The highest BCUT2D eigenvalue weighted by molar-refractivity contribution is 5.90. The predicted molar refractivity (Wildman–Crippen MR) is 142 cm³/mol. The van der Waals surface area contributed by atoms with Crippen molar-refractivity contribution in [2.24, 2.45) is 5.92 Å². The molecule has 1 aliphatic carbocycles. The normalized spacial score (nSPS) is 18.1. The first-order chi connectivity index (χ1) is 19.1. The van der Waals surface area contributed by atoms with Gasteiger partial charge in [-0.1, -0.05) is 54.6 Å². The van der Waals surface area contributed by atoms with Crippen LogP contribution in [-0.2, 0) is 29.1 Å². The van der Waals surface area contributed by atoms with Crippen molar-refractivity contribution in [2.45, 2.75) is 50.9 Å². The minimum Gasteiger partial charge on any atom is -0.478 e. The van der Waals surface area contributed by atoms with E-state index in [1.165, 1.54) is 11.0 Å². The third-order valence-electron chi connectivity index (χ3n) is 7.71. The lowest BCUT2D eigenvalue weighted by atomic mass is 9.87. The number of carbonyl (C=O) groups is 3. The quantitative estimate of drug-likeness (QED) is 0.377. The van der Waals surface area contributed by atoms with Gasteiger partial charge >= 0.3 is 12.1 Å². The number of aromatic carboxylic acids is 1. The molecule has 2 amide bonds. The van der Waals surface area contributed by atoms with Gasteiger partial charge in [0, 0.05) is 32.0 Å². The molecule has 1 saturated carbocycles. The lowest BCUT2D eigenvalue weighted by Gasteiger charge is -2.32. The number of fused-ring (bicyclic) bond motifs is 1. The predicted octanol–water partition coefficient (Wildman–Crippen LogP) is 5.70. The Morgan fingerprint density at radius 2 is 1.75 bits per heavy atom. The zero-order valence-electron chi connectivity index (χ0n) is 21.7. The summed E-state index contributed by atoms with van der Waals surface area (Å²) in [6.07, 6.45) is -5.03. The lowest BCUT2D eigenvalue weighted by Crippen LogP contribution is -2.37. The summed E-state index contributed by atoms with van der Waals surface area (Å²) in [5.74, 6) is -1.61. The number of alkyl halides is 3. The highest BCUT2D eigenvalue weighted by atomic mass is 19.4. The summed E-state index contributed by atoms with van der Waals surface area (Å²) < 4.78 is 38.2. The van der Waals surface area contributed by atoms with Crippen LogP contribution in [0.3, 0.4) is 0 Å². The number of hydrogen-bond donors (Lipinski definition) is 2. The number of rotatable bonds is 8. The zero-order chi connectivity index (χ0) is 28.4. The molecule has 9 heteroatoms. The van der Waals surface area contributed by atoms with Crippen LogP contribution in [0.15, 0.2) is 66.7 Å². The topological polar surface area (TPSA) is 86.7 Å². The first-order valence-corrected chi connectivity index (χ1v) is 13.3. The molecule has 1 aliphatic heterocycles. The van der Waals surface area contributed by atoms with E-state index in [4.69, 9.17) is 0 Å². The molecule has 2 aliphatic rings. The molecule has 208 valence electrons. The van der Waals surface area contributed by atoms with Crippen LogP contribution < -0.4 is 5.32 Å². The number of benzene rings is 3. The van der Waals surface area contributed by atoms with Crippen molar-refractivity contribution in [1.82, 2.24) is 10.2 Å². The van der Waals surface area contributed by atoms with Gasteiger partial charge in [0.1, 0.15) is 0 Å². The van der Waals surface area contributed by atoms with E-state index in [-0.39, 0.29) is 42.9 Å². The number of hydrogen-bond acceptors (Lipinski definition) is 3. The van der Waals surface area contributed by atoms with Crippen molar-refractivity contribution >= 4 is 17.8 Å². The van der Waals surface area contributed by atoms with Gasteiger partial charge in [0.25, 0.3) is 0 Å². The Hall–Kier alpha value is -4.14. The molecule has 1 fully saturated rings. The van der Waals surface area contributed by atoms with Gasteiger partial charge in [0.2, 0.25) is 11.8 Å². The van der Waals surface area contributed by atoms with Crippen molar-refractivity contribution in [3.63, 3.8) is 0 Å². The first kappa shape index (κ1) is 27.4. The fraction of sp³-hybridized carbons (Fsp3) is 0.323. The SMILES string of the molecule is O=C(O)c1cccc(-c2ccc(CNC(=O)[C@@H]3C[C@@H]3c3ccccc3)c3c2CCN(C(=O)CCC(F)(F)F)C3)c1. The Labute approximate surface area is 229 Å². The molecule has 0 aromatic heterocycles. The smallest absolute Gasteiger partial charge is 0.389 e. The van der Waals surface area contributed by atoms with Gasteiger partial charge in [-0.2, -0.15) is 13.2 Å². The van der Waals surface area contributed by atoms with E-state index < -0.39 is 30.9 Å². The standard InChI is InChI=1S/C31H29F3N2O4/c32-31(33,34)13-11-28(37)36-14-12-24-23(20-7-4-8-21(15-20)30(39)40)10-9-22(27(24)18-36)17-35-29(38)26-16-25(26)19-5-2-1-3-6-19/h1-10,15,25-26H,11-14,16-18H2,(H,35,38)(H,39,40)/t25-,26-/m1/s1. The number of nitrogens with one attached hydrogen (secondary N) is 1. The monoisotopic (exact) mass is 550 g/mol. The number of nitrogens with zero attached hydrogens (tertiary/aromatic N) is 1. The minimum atomic E-state index is -4.42. The van der Waals surface area contributed by atoms with Crippen LogP contribution >= 0.6 is 0 Å². The third kappa shape index (κ3) is 6.19. The van der Waals surface area contributed by atoms with Crippen molar-refractivity contribution in [1.29, 1.82) is 0 Å². The lowest BCUT2D eigenvalue weighted by molar-refractivity contribution is -0.149. The molecule has 40 heavy (non-hydrogen) atoms. The van der Waals surface area contributed by atoms with Gasteiger partial charge in [-0.15, -0.1) is 0 Å². The molecule has 0 radical (unpaired) electrons. The second kappa shape index (κ2) is 11.2. The molecule has 6 nitrogen and oxygen atoms in total. The maximum absolute atomic E-state index is 12.9. The molecular formula is C31H29F3N2O4. The molecule has 5 rings (SSSR count). The van der Waals surface area contributed by atoms with Gasteiger partial charge in [-0.05, 0) is 64.3 Å². The maximum atomic E-state index is 12.9. The fourth-order valence-electron chi connectivity index (χ4n) is 5.48. The average molecular weight is 551 g/mol. The number of amides is 2. The van der Waals surface area contributed by atoms with Crippen LogP contribution in [0, 0.1) is 5.92 Å². The van der Waals surface area contributed by atoms with Gasteiger partial charge < -0.3 is 15.3 Å². The zero-order valence-corrected chi connectivity index (χ0v) is 21.7. The van der Waals surface area contributed by atoms with E-state index in [2.05, 4.69) is 5.32 Å². The van der Waals surface area contributed by atoms with Crippen molar-refractivity contribution in [3.05, 3.63) is 94.5 Å². The van der Waals surface area contributed by atoms with Crippen LogP contribution in [0.25, 0.3) is 11.1 Å². The van der Waals surface area contributed by atoms with Crippen LogP contribution in [0.2, 0.25) is 0 Å². The number of carboxylic acids is 1. The second-order valence-corrected chi connectivity index (χ2v) is 10.4. The Morgan fingerprint density at radius 1 is 0.975 bits per heavy atom. The van der Waals surface area contributed by atoms with Crippen LogP contribution in [0.5, 0.6) is 0 Å². The van der Waals surface area contributed by atoms with E-state index in [1.54, 1.807) is 18.2 Å². The van der Waals surface area contributed by atoms with Crippen molar-refractivity contribution < 1.29 is 32.7 Å². The van der Waals surface area contributed by atoms with E-state index in [0.717, 1.165) is 34.2 Å². The summed E-state index contributed by atoms with van der Waals surface area (Å²) in [6, 6.07) is 20.1. The number of halogens is 3. The summed E-state index contributed by atoms with van der Waals surface area (Å²) >= 11 is 0. The Balaban J connectivity index is 1.38. The van der Waals surface area contributed by atoms with Gasteiger partial charge in [0.05, 0.1) is 12.0 Å². The maximum Gasteiger partial charge on any atom is 0.389 e. The van der Waals surface area contributed by atoms with Crippen LogP contribution in [0.4, 0.5) is 13.2 Å². The molecule has 0 bridgehead atoms. The van der Waals surface area contributed by atoms with Crippen molar-refractivity contribution in [3.8, 4) is 11.1 Å². The molecule has 3 aromatic rings. The van der Waals surface area contributed by atoms with Gasteiger partial charge in [-0.25, -0.2) is 4.79 Å². The van der Waals surface area contributed by atoms with Gasteiger partial charge in [0.15, 0.2) is 0 Å². The van der Waals surface area contributed by atoms with E-state index in [1.807, 2.05) is 42.5 Å².